The summed E-state index contributed by atoms with van der Waals surface area (Å²) in [7, 11) is 4.17. The van der Waals surface area contributed by atoms with Crippen LogP contribution in [0.15, 0.2) is 48.7 Å². The predicted octanol–water partition coefficient (Wildman–Crippen LogP) is 5.70. The second kappa shape index (κ2) is 9.92. The van der Waals surface area contributed by atoms with Gasteiger partial charge in [-0.25, -0.2) is 0 Å². The molecule has 0 spiro atoms. The van der Waals surface area contributed by atoms with E-state index in [0.717, 1.165) is 6.54 Å². The van der Waals surface area contributed by atoms with Crippen molar-refractivity contribution in [3.8, 4) is 0 Å². The van der Waals surface area contributed by atoms with Crippen molar-refractivity contribution in [2.75, 3.05) is 25.5 Å². The highest BCUT2D eigenvalue weighted by Gasteiger charge is 2.11. The van der Waals surface area contributed by atoms with Gasteiger partial charge in [0.15, 0.2) is 0 Å². The lowest BCUT2D eigenvalue weighted by Crippen LogP contribution is -2.29. The monoisotopic (exact) mass is 436 g/mol. The van der Waals surface area contributed by atoms with Gasteiger partial charge < -0.3 is 9.80 Å². The Morgan fingerprint density at radius 3 is 2.71 bits per heavy atom. The maximum Gasteiger partial charge on any atom is 0.0658 e. The second-order valence-electron chi connectivity index (χ2n) is 6.48. The van der Waals surface area contributed by atoms with Crippen molar-refractivity contribution in [2.24, 2.45) is 0 Å². The third-order valence-corrected chi connectivity index (χ3v) is 5.15. The molecule has 0 N–H and O–H groups in total. The molecular weight excluding hydrogens is 407 g/mol. The molecule has 0 aliphatic carbocycles. The van der Waals surface area contributed by atoms with Gasteiger partial charge in [-0.3, -0.25) is 0 Å². The van der Waals surface area contributed by atoms with Crippen LogP contribution in [0, 0.1) is 3.57 Å². The third-order valence-electron chi connectivity index (χ3n) is 4.29. The van der Waals surface area contributed by atoms with Crippen LogP contribution in [0.2, 0.25) is 0 Å². The van der Waals surface area contributed by atoms with Crippen LogP contribution >= 0.6 is 22.6 Å². The van der Waals surface area contributed by atoms with Gasteiger partial charge in [0.25, 0.3) is 0 Å². The van der Waals surface area contributed by atoms with Crippen molar-refractivity contribution < 1.29 is 0 Å². The molecule has 2 nitrogen and oxygen atoms in total. The minimum absolute atomic E-state index is 0.364. The van der Waals surface area contributed by atoms with Crippen LogP contribution in [0.4, 0.5) is 5.69 Å². The Morgan fingerprint density at radius 2 is 2.00 bits per heavy atom. The highest BCUT2D eigenvalue weighted by Crippen LogP contribution is 2.23. The second-order valence-corrected chi connectivity index (χ2v) is 7.64. The Morgan fingerprint density at radius 1 is 1.17 bits per heavy atom. The van der Waals surface area contributed by atoms with E-state index >= 15 is 0 Å². The summed E-state index contributed by atoms with van der Waals surface area (Å²) < 4.78 is 1.29. The molecule has 1 atom stereocenters. The molecule has 0 bridgehead atoms. The van der Waals surface area contributed by atoms with E-state index in [2.05, 4.69) is 108 Å². The van der Waals surface area contributed by atoms with Crippen molar-refractivity contribution in [3.63, 3.8) is 0 Å². The standard InChI is InChI=1S/C21H29IN2/c1-4-5-6-8-15-24-16-9-7-10-19(24)13-11-18-12-14-21(23(2)3)20(22)17-18/h7,9-14,16-17,19H,4-6,8,15H2,1-3H3/b13-11+. The zero-order chi connectivity index (χ0) is 17.4. The maximum atomic E-state index is 2.44. The number of anilines is 1. The highest BCUT2D eigenvalue weighted by molar-refractivity contribution is 14.1. The molecule has 0 saturated carbocycles. The van der Waals surface area contributed by atoms with E-state index in [1.54, 1.807) is 0 Å². The highest BCUT2D eigenvalue weighted by atomic mass is 127. The first kappa shape index (κ1) is 19.1. The number of nitrogens with zero attached hydrogens (tertiary/aromatic N) is 2. The van der Waals surface area contributed by atoms with Crippen molar-refractivity contribution in [3.05, 3.63) is 57.8 Å². The molecule has 0 amide bonds. The van der Waals surface area contributed by atoms with Crippen LogP contribution in [-0.2, 0) is 0 Å². The average molecular weight is 436 g/mol. The molecule has 1 aromatic carbocycles. The molecule has 2 rings (SSSR count). The minimum Gasteiger partial charge on any atom is -0.377 e. The van der Waals surface area contributed by atoms with Gasteiger partial charge in [0, 0.05) is 29.9 Å². The predicted molar refractivity (Wildman–Crippen MR) is 115 cm³/mol. The fraction of sp³-hybridized carbons (Fsp3) is 0.429. The summed E-state index contributed by atoms with van der Waals surface area (Å²) in [5.41, 5.74) is 2.53. The van der Waals surface area contributed by atoms with Crippen LogP contribution in [0.1, 0.15) is 38.2 Å². The molecule has 1 aromatic rings. The Balaban J connectivity index is 1.99. The fourth-order valence-corrected chi connectivity index (χ4v) is 3.89. The molecule has 1 aliphatic rings. The van der Waals surface area contributed by atoms with E-state index in [1.165, 1.54) is 40.5 Å². The lowest BCUT2D eigenvalue weighted by molar-refractivity contribution is 0.345. The zero-order valence-corrected chi connectivity index (χ0v) is 17.2. The molecule has 1 aliphatic heterocycles. The third kappa shape index (κ3) is 5.69. The van der Waals surface area contributed by atoms with Gasteiger partial charge in [0.2, 0.25) is 0 Å². The summed E-state index contributed by atoms with van der Waals surface area (Å²) in [6.07, 6.45) is 18.6. The largest absolute Gasteiger partial charge is 0.377 e. The summed E-state index contributed by atoms with van der Waals surface area (Å²) in [5, 5.41) is 0. The number of hydrogen-bond donors (Lipinski definition) is 0. The summed E-state index contributed by atoms with van der Waals surface area (Å²) in [6.45, 7) is 3.39. The number of benzene rings is 1. The van der Waals surface area contributed by atoms with Gasteiger partial charge in [0.1, 0.15) is 0 Å². The van der Waals surface area contributed by atoms with Crippen LogP contribution < -0.4 is 4.90 Å². The van der Waals surface area contributed by atoms with Gasteiger partial charge in [-0.15, -0.1) is 0 Å². The number of halogens is 1. The average Bonchev–Trinajstić information content (AvgIpc) is 2.57. The molecular formula is C21H29IN2. The van der Waals surface area contributed by atoms with Gasteiger partial charge in [-0.1, -0.05) is 56.6 Å². The number of hydrogen-bond acceptors (Lipinski definition) is 2. The molecule has 24 heavy (non-hydrogen) atoms. The molecule has 1 heterocycles. The Kier molecular flexibility index (Phi) is 7.89. The number of rotatable bonds is 8. The SMILES string of the molecule is CCCCCCN1C=CC=CC1/C=C/c1ccc(N(C)C)c(I)c1. The summed E-state index contributed by atoms with van der Waals surface area (Å²) in [6, 6.07) is 7.01. The summed E-state index contributed by atoms with van der Waals surface area (Å²) in [4.78, 5) is 4.59. The Bertz CT molecular complexity index is 602. The van der Waals surface area contributed by atoms with E-state index in [1.807, 2.05) is 0 Å². The van der Waals surface area contributed by atoms with Gasteiger partial charge in [-0.2, -0.15) is 0 Å². The molecule has 0 saturated heterocycles. The van der Waals surface area contributed by atoms with Crippen molar-refractivity contribution >= 4 is 34.4 Å². The fourth-order valence-electron chi connectivity index (χ4n) is 2.87. The van der Waals surface area contributed by atoms with E-state index in [0.29, 0.717) is 6.04 Å². The first-order valence-corrected chi connectivity index (χ1v) is 9.95. The van der Waals surface area contributed by atoms with Crippen molar-refractivity contribution in [1.29, 1.82) is 0 Å². The first-order valence-electron chi connectivity index (χ1n) is 8.87. The zero-order valence-electron chi connectivity index (χ0n) is 15.1. The van der Waals surface area contributed by atoms with Crippen molar-refractivity contribution in [1.82, 2.24) is 4.90 Å². The topological polar surface area (TPSA) is 6.48 Å². The van der Waals surface area contributed by atoms with E-state index in [9.17, 15) is 0 Å². The smallest absolute Gasteiger partial charge is 0.0658 e. The molecule has 130 valence electrons. The van der Waals surface area contributed by atoms with E-state index in [-0.39, 0.29) is 0 Å². The van der Waals surface area contributed by atoms with Crippen LogP contribution in [-0.4, -0.2) is 31.6 Å². The molecule has 3 heteroatoms. The number of allylic oxidation sites excluding steroid dienone is 2. The minimum atomic E-state index is 0.364. The molecule has 0 fully saturated rings. The number of unbranched alkanes of at least 4 members (excludes halogenated alkanes) is 3. The summed E-state index contributed by atoms with van der Waals surface area (Å²) >= 11 is 2.41. The lowest BCUT2D eigenvalue weighted by Gasteiger charge is -2.28. The van der Waals surface area contributed by atoms with E-state index < -0.39 is 0 Å². The van der Waals surface area contributed by atoms with Gasteiger partial charge >= 0.3 is 0 Å². The van der Waals surface area contributed by atoms with Crippen LogP contribution in [0.25, 0.3) is 6.08 Å². The van der Waals surface area contributed by atoms with Crippen molar-refractivity contribution in [2.45, 2.75) is 38.6 Å². The molecule has 0 aromatic heterocycles. The normalized spacial score (nSPS) is 17.0. The van der Waals surface area contributed by atoms with Crippen LogP contribution in [0.3, 0.4) is 0 Å². The maximum absolute atomic E-state index is 2.44. The Hall–Kier alpha value is -1.23. The van der Waals surface area contributed by atoms with E-state index in [4.69, 9.17) is 0 Å². The van der Waals surface area contributed by atoms with Gasteiger partial charge in [-0.05, 0) is 59.0 Å². The first-order chi connectivity index (χ1) is 11.6. The molecule has 1 unspecified atom stereocenters. The Labute approximate surface area is 161 Å². The van der Waals surface area contributed by atoms with Gasteiger partial charge in [0.05, 0.1) is 6.04 Å². The summed E-state index contributed by atoms with van der Waals surface area (Å²) in [5.74, 6) is 0. The lowest BCUT2D eigenvalue weighted by atomic mass is 10.1. The quantitative estimate of drug-likeness (QED) is 0.381. The molecule has 0 radical (unpaired) electrons. The van der Waals surface area contributed by atoms with Crippen LogP contribution in [0.5, 0.6) is 0 Å².